The van der Waals surface area contributed by atoms with Gasteiger partial charge >= 0.3 is 0 Å². The van der Waals surface area contributed by atoms with Gasteiger partial charge in [0, 0.05) is 18.7 Å². The number of aryl methyl sites for hydroxylation is 2. The number of amides is 1. The summed E-state index contributed by atoms with van der Waals surface area (Å²) in [5, 5.41) is 3.31. The number of primary amides is 1. The van der Waals surface area contributed by atoms with Gasteiger partial charge in [-0.2, -0.15) is 0 Å². The molecule has 0 aliphatic carbocycles. The van der Waals surface area contributed by atoms with Crippen molar-refractivity contribution in [1.29, 1.82) is 0 Å². The predicted molar refractivity (Wildman–Crippen MR) is 67.5 cm³/mol. The maximum absolute atomic E-state index is 10.7. The highest BCUT2D eigenvalue weighted by molar-refractivity contribution is 5.74. The van der Waals surface area contributed by atoms with E-state index in [0.29, 0.717) is 13.0 Å². The number of carbonyl (C=O) groups is 1. The molecule has 16 heavy (non-hydrogen) atoms. The molecule has 0 unspecified atom stereocenters. The molecule has 3 nitrogen and oxygen atoms in total. The zero-order valence-electron chi connectivity index (χ0n) is 10.0. The summed E-state index contributed by atoms with van der Waals surface area (Å²) in [7, 11) is 0. The molecule has 1 aromatic carbocycles. The van der Waals surface area contributed by atoms with Gasteiger partial charge in [0.25, 0.3) is 0 Å². The fourth-order valence-electron chi connectivity index (χ4n) is 1.78. The smallest absolute Gasteiger partial charge is 0.219 e. The van der Waals surface area contributed by atoms with E-state index in [1.165, 1.54) is 16.8 Å². The summed E-state index contributed by atoms with van der Waals surface area (Å²) in [6.07, 6.45) is 2.36. The molecule has 3 heteroatoms. The molecule has 0 atom stereocenters. The number of para-hydroxylation sites is 1. The van der Waals surface area contributed by atoms with Gasteiger partial charge < -0.3 is 11.1 Å². The first kappa shape index (κ1) is 12.6. The van der Waals surface area contributed by atoms with Crippen molar-refractivity contribution in [2.75, 3.05) is 11.9 Å². The lowest BCUT2D eigenvalue weighted by Gasteiger charge is -2.14. The van der Waals surface area contributed by atoms with E-state index < -0.39 is 0 Å². The number of rotatable bonds is 6. The Bertz CT molecular complexity index is 339. The molecule has 1 rings (SSSR count). The van der Waals surface area contributed by atoms with Crippen LogP contribution in [0.4, 0.5) is 5.69 Å². The molecule has 88 valence electrons. The van der Waals surface area contributed by atoms with Crippen LogP contribution >= 0.6 is 0 Å². The number of carbonyl (C=O) groups excluding carboxylic acids is 1. The lowest BCUT2D eigenvalue weighted by Crippen LogP contribution is -2.16. The minimum absolute atomic E-state index is 0.264. The Labute approximate surface area is 97.0 Å². The molecule has 0 bridgehead atoms. The minimum atomic E-state index is -0.264. The number of benzene rings is 1. The molecule has 0 aliphatic rings. The molecular formula is C13H20N2O. The predicted octanol–water partition coefficient (Wildman–Crippen LogP) is 2.10. The lowest BCUT2D eigenvalue weighted by molar-refractivity contribution is -0.117. The van der Waals surface area contributed by atoms with Crippen LogP contribution in [0.1, 0.15) is 31.4 Å². The SMILES string of the molecule is CCc1cccc(CC)c1NCCC(N)=O. The highest BCUT2D eigenvalue weighted by atomic mass is 16.1. The van der Waals surface area contributed by atoms with Crippen LogP contribution in [0.2, 0.25) is 0 Å². The second-order valence-electron chi connectivity index (χ2n) is 3.80. The first-order chi connectivity index (χ1) is 7.69. The Morgan fingerprint density at radius 1 is 1.25 bits per heavy atom. The third-order valence-electron chi connectivity index (χ3n) is 2.67. The third-order valence-corrected chi connectivity index (χ3v) is 2.67. The van der Waals surface area contributed by atoms with Crippen molar-refractivity contribution in [1.82, 2.24) is 0 Å². The monoisotopic (exact) mass is 220 g/mol. The van der Waals surface area contributed by atoms with Crippen LogP contribution in [0.3, 0.4) is 0 Å². The van der Waals surface area contributed by atoms with Crippen LogP contribution in [0.15, 0.2) is 18.2 Å². The number of anilines is 1. The molecule has 0 radical (unpaired) electrons. The molecule has 0 saturated carbocycles. The number of hydrogen-bond acceptors (Lipinski definition) is 2. The summed E-state index contributed by atoms with van der Waals surface area (Å²) in [5.41, 5.74) is 8.88. The summed E-state index contributed by atoms with van der Waals surface area (Å²) >= 11 is 0. The van der Waals surface area contributed by atoms with Gasteiger partial charge in [0.2, 0.25) is 5.91 Å². The summed E-state index contributed by atoms with van der Waals surface area (Å²) in [4.78, 5) is 10.7. The largest absolute Gasteiger partial charge is 0.384 e. The van der Waals surface area contributed by atoms with Crippen molar-refractivity contribution < 1.29 is 4.79 Å². The summed E-state index contributed by atoms with van der Waals surface area (Å²) < 4.78 is 0. The standard InChI is InChI=1S/C13H20N2O/c1-3-10-6-5-7-11(4-2)13(10)15-9-8-12(14)16/h5-7,15H,3-4,8-9H2,1-2H3,(H2,14,16). The van der Waals surface area contributed by atoms with E-state index in [9.17, 15) is 4.79 Å². The normalized spacial score (nSPS) is 10.1. The van der Waals surface area contributed by atoms with Gasteiger partial charge in [0.15, 0.2) is 0 Å². The van der Waals surface area contributed by atoms with Crippen molar-refractivity contribution in [3.05, 3.63) is 29.3 Å². The van der Waals surface area contributed by atoms with Crippen molar-refractivity contribution in [3.8, 4) is 0 Å². The molecule has 0 aromatic heterocycles. The molecule has 1 amide bonds. The van der Waals surface area contributed by atoms with E-state index in [1.807, 2.05) is 0 Å². The van der Waals surface area contributed by atoms with Gasteiger partial charge in [-0.3, -0.25) is 4.79 Å². The minimum Gasteiger partial charge on any atom is -0.384 e. The Hall–Kier alpha value is -1.51. The van der Waals surface area contributed by atoms with Crippen molar-refractivity contribution in [2.45, 2.75) is 33.1 Å². The quantitative estimate of drug-likeness (QED) is 0.771. The van der Waals surface area contributed by atoms with Gasteiger partial charge in [0.05, 0.1) is 0 Å². The molecule has 0 fully saturated rings. The molecule has 1 aromatic rings. The molecular weight excluding hydrogens is 200 g/mol. The van der Waals surface area contributed by atoms with E-state index in [1.54, 1.807) is 0 Å². The maximum atomic E-state index is 10.7. The number of nitrogens with one attached hydrogen (secondary N) is 1. The third kappa shape index (κ3) is 3.26. The van der Waals surface area contributed by atoms with Gasteiger partial charge in [-0.15, -0.1) is 0 Å². The summed E-state index contributed by atoms with van der Waals surface area (Å²) in [6, 6.07) is 6.31. The summed E-state index contributed by atoms with van der Waals surface area (Å²) in [5.74, 6) is -0.264. The molecule has 3 N–H and O–H groups in total. The van der Waals surface area contributed by atoms with Crippen LogP contribution in [-0.4, -0.2) is 12.5 Å². The zero-order chi connectivity index (χ0) is 12.0. The van der Waals surface area contributed by atoms with Crippen LogP contribution < -0.4 is 11.1 Å². The van der Waals surface area contributed by atoms with Crippen LogP contribution in [-0.2, 0) is 17.6 Å². The molecule has 0 heterocycles. The Morgan fingerprint density at radius 3 is 2.25 bits per heavy atom. The van der Waals surface area contributed by atoms with Gasteiger partial charge in [-0.1, -0.05) is 32.0 Å². The molecule has 0 saturated heterocycles. The fourth-order valence-corrected chi connectivity index (χ4v) is 1.78. The van der Waals surface area contributed by atoms with Crippen LogP contribution in [0.25, 0.3) is 0 Å². The fraction of sp³-hybridized carbons (Fsp3) is 0.462. The van der Waals surface area contributed by atoms with E-state index >= 15 is 0 Å². The average Bonchev–Trinajstić information content (AvgIpc) is 2.28. The second-order valence-corrected chi connectivity index (χ2v) is 3.80. The van der Waals surface area contributed by atoms with E-state index in [0.717, 1.165) is 12.8 Å². The first-order valence-corrected chi connectivity index (χ1v) is 5.82. The van der Waals surface area contributed by atoms with Crippen molar-refractivity contribution in [3.63, 3.8) is 0 Å². The van der Waals surface area contributed by atoms with Gasteiger partial charge in [-0.25, -0.2) is 0 Å². The average molecular weight is 220 g/mol. The maximum Gasteiger partial charge on any atom is 0.219 e. The zero-order valence-corrected chi connectivity index (χ0v) is 10.0. The van der Waals surface area contributed by atoms with E-state index in [4.69, 9.17) is 5.73 Å². The van der Waals surface area contributed by atoms with Crippen molar-refractivity contribution >= 4 is 11.6 Å². The topological polar surface area (TPSA) is 55.1 Å². The molecule has 0 spiro atoms. The Morgan fingerprint density at radius 2 is 1.81 bits per heavy atom. The van der Waals surface area contributed by atoms with Gasteiger partial charge in [-0.05, 0) is 24.0 Å². The van der Waals surface area contributed by atoms with Gasteiger partial charge in [0.1, 0.15) is 0 Å². The highest BCUT2D eigenvalue weighted by Crippen LogP contribution is 2.22. The highest BCUT2D eigenvalue weighted by Gasteiger charge is 2.05. The number of nitrogens with two attached hydrogens (primary N) is 1. The first-order valence-electron chi connectivity index (χ1n) is 5.82. The molecule has 0 aliphatic heterocycles. The van der Waals surface area contributed by atoms with Crippen LogP contribution in [0.5, 0.6) is 0 Å². The summed E-state index contributed by atoms with van der Waals surface area (Å²) in [6.45, 7) is 4.88. The Balaban J connectivity index is 2.78. The number of hydrogen-bond donors (Lipinski definition) is 2. The van der Waals surface area contributed by atoms with Crippen LogP contribution in [0, 0.1) is 0 Å². The Kier molecular flexibility index (Phi) is 4.83. The van der Waals surface area contributed by atoms with E-state index in [-0.39, 0.29) is 5.91 Å². The lowest BCUT2D eigenvalue weighted by atomic mass is 10.0. The second kappa shape index (κ2) is 6.16. The van der Waals surface area contributed by atoms with E-state index in [2.05, 4.69) is 37.4 Å². The van der Waals surface area contributed by atoms with Crippen molar-refractivity contribution in [2.24, 2.45) is 5.73 Å².